The van der Waals surface area contributed by atoms with E-state index in [0.717, 1.165) is 5.69 Å². The zero-order valence-corrected chi connectivity index (χ0v) is 10.8. The van der Waals surface area contributed by atoms with Gasteiger partial charge in [-0.3, -0.25) is 0 Å². The number of hydrogen-bond donors (Lipinski definition) is 2. The number of thiol groups is 1. The van der Waals surface area contributed by atoms with Crippen molar-refractivity contribution >= 4 is 24.2 Å². The summed E-state index contributed by atoms with van der Waals surface area (Å²) in [5.41, 5.74) is 1.73. The zero-order chi connectivity index (χ0) is 12.8. The molecule has 0 aliphatic carbocycles. The van der Waals surface area contributed by atoms with Gasteiger partial charge < -0.3 is 9.51 Å². The van der Waals surface area contributed by atoms with Crippen LogP contribution in [0.4, 0.5) is 0 Å². The van der Waals surface area contributed by atoms with Gasteiger partial charge in [0, 0.05) is 11.6 Å². The molecule has 0 aromatic carbocycles. The van der Waals surface area contributed by atoms with E-state index in [0.29, 0.717) is 10.7 Å². The molecule has 2 aromatic rings. The predicted molar refractivity (Wildman–Crippen MR) is 68.1 cm³/mol. The standard InChI is InChI=1S/C12H14N2O2S/c1-12(2,3)9-10(17)13-8-6-7(11(15)16)4-5-14(8)9/h4-6,17H,1-3H3,(H,15,16). The Morgan fingerprint density at radius 2 is 2.12 bits per heavy atom. The number of hydrogen-bond acceptors (Lipinski definition) is 3. The minimum atomic E-state index is -0.950. The first-order chi connectivity index (χ1) is 7.80. The smallest absolute Gasteiger partial charge is 0.335 e. The maximum atomic E-state index is 10.9. The lowest BCUT2D eigenvalue weighted by Gasteiger charge is -2.18. The Morgan fingerprint density at radius 1 is 1.47 bits per heavy atom. The second-order valence-electron chi connectivity index (χ2n) is 4.98. The highest BCUT2D eigenvalue weighted by Gasteiger charge is 2.23. The lowest BCUT2D eigenvalue weighted by atomic mass is 9.93. The number of carboxylic acid groups (broad SMARTS) is 1. The topological polar surface area (TPSA) is 54.6 Å². The van der Waals surface area contributed by atoms with Crippen LogP contribution in [0.3, 0.4) is 0 Å². The SMILES string of the molecule is CC(C)(C)c1c(S)nc2cc(C(=O)O)ccn12. The van der Waals surface area contributed by atoms with Gasteiger partial charge in [-0.2, -0.15) is 0 Å². The van der Waals surface area contributed by atoms with Crippen molar-refractivity contribution in [2.45, 2.75) is 31.2 Å². The lowest BCUT2D eigenvalue weighted by Crippen LogP contribution is -2.15. The van der Waals surface area contributed by atoms with Crippen LogP contribution < -0.4 is 0 Å². The van der Waals surface area contributed by atoms with Crippen molar-refractivity contribution in [1.29, 1.82) is 0 Å². The molecule has 0 saturated heterocycles. The minimum absolute atomic E-state index is 0.0960. The second kappa shape index (κ2) is 3.77. The van der Waals surface area contributed by atoms with Crippen LogP contribution in [0.2, 0.25) is 0 Å². The highest BCUT2D eigenvalue weighted by Crippen LogP contribution is 2.29. The number of carbonyl (C=O) groups is 1. The van der Waals surface area contributed by atoms with Crippen molar-refractivity contribution in [3.63, 3.8) is 0 Å². The molecule has 1 N–H and O–H groups in total. The first-order valence-electron chi connectivity index (χ1n) is 5.25. The molecule has 0 aliphatic heterocycles. The van der Waals surface area contributed by atoms with Crippen LogP contribution in [0, 0.1) is 0 Å². The van der Waals surface area contributed by atoms with Gasteiger partial charge in [0.05, 0.1) is 11.3 Å². The fraction of sp³-hybridized carbons (Fsp3) is 0.333. The van der Waals surface area contributed by atoms with Gasteiger partial charge in [-0.15, -0.1) is 12.6 Å². The molecule has 0 amide bonds. The Bertz CT molecular complexity index is 596. The molecule has 0 bridgehead atoms. The van der Waals surface area contributed by atoms with Gasteiger partial charge in [-0.05, 0) is 12.1 Å². The van der Waals surface area contributed by atoms with Gasteiger partial charge in [-0.25, -0.2) is 9.78 Å². The van der Waals surface area contributed by atoms with Crippen LogP contribution in [0.25, 0.3) is 5.65 Å². The second-order valence-corrected chi connectivity index (χ2v) is 5.41. The Balaban J connectivity index is 2.73. The molecule has 0 saturated carbocycles. The summed E-state index contributed by atoms with van der Waals surface area (Å²) in [5, 5.41) is 9.56. The van der Waals surface area contributed by atoms with Crippen LogP contribution in [0.5, 0.6) is 0 Å². The van der Waals surface area contributed by atoms with Gasteiger partial charge in [0.25, 0.3) is 0 Å². The maximum Gasteiger partial charge on any atom is 0.335 e. The van der Waals surface area contributed by atoms with Gasteiger partial charge in [0.15, 0.2) is 0 Å². The monoisotopic (exact) mass is 250 g/mol. The van der Waals surface area contributed by atoms with E-state index >= 15 is 0 Å². The Labute approximate surface area is 105 Å². The van der Waals surface area contributed by atoms with Crippen molar-refractivity contribution < 1.29 is 9.90 Å². The van der Waals surface area contributed by atoms with Crippen LogP contribution in [0.1, 0.15) is 36.8 Å². The Morgan fingerprint density at radius 3 is 2.65 bits per heavy atom. The minimum Gasteiger partial charge on any atom is -0.478 e. The molecule has 5 heteroatoms. The maximum absolute atomic E-state index is 10.9. The first-order valence-corrected chi connectivity index (χ1v) is 5.70. The molecule has 0 fully saturated rings. The van der Waals surface area contributed by atoms with Crippen LogP contribution in [0.15, 0.2) is 23.4 Å². The van der Waals surface area contributed by atoms with E-state index in [1.165, 1.54) is 0 Å². The van der Waals surface area contributed by atoms with Gasteiger partial charge in [0.1, 0.15) is 10.7 Å². The quantitative estimate of drug-likeness (QED) is 0.765. The van der Waals surface area contributed by atoms with Crippen molar-refractivity contribution in [2.75, 3.05) is 0 Å². The van der Waals surface area contributed by atoms with Crippen molar-refractivity contribution in [2.24, 2.45) is 0 Å². The molecule has 17 heavy (non-hydrogen) atoms. The average molecular weight is 250 g/mol. The summed E-state index contributed by atoms with van der Waals surface area (Å²) < 4.78 is 1.88. The number of pyridine rings is 1. The molecule has 4 nitrogen and oxygen atoms in total. The normalized spacial score (nSPS) is 12.0. The summed E-state index contributed by atoms with van der Waals surface area (Å²) in [5.74, 6) is -0.950. The average Bonchev–Trinajstić information content (AvgIpc) is 2.51. The fourth-order valence-corrected chi connectivity index (χ4v) is 2.41. The molecular weight excluding hydrogens is 236 g/mol. The van der Waals surface area contributed by atoms with E-state index in [1.54, 1.807) is 18.3 Å². The highest BCUT2D eigenvalue weighted by atomic mass is 32.1. The van der Waals surface area contributed by atoms with Crippen LogP contribution in [-0.2, 0) is 5.41 Å². The Hall–Kier alpha value is -1.49. The Kier molecular flexibility index (Phi) is 2.66. The van der Waals surface area contributed by atoms with Gasteiger partial charge in [-0.1, -0.05) is 20.8 Å². The van der Waals surface area contributed by atoms with E-state index in [1.807, 2.05) is 4.40 Å². The molecule has 0 spiro atoms. The summed E-state index contributed by atoms with van der Waals surface area (Å²) >= 11 is 4.36. The predicted octanol–water partition coefficient (Wildman–Crippen LogP) is 2.62. The summed E-state index contributed by atoms with van der Waals surface area (Å²) in [6, 6.07) is 3.12. The molecule has 0 radical (unpaired) electrons. The summed E-state index contributed by atoms with van der Waals surface area (Å²) in [7, 11) is 0. The molecule has 2 aromatic heterocycles. The third kappa shape index (κ3) is 2.02. The van der Waals surface area contributed by atoms with E-state index in [4.69, 9.17) is 5.11 Å². The molecule has 0 aliphatic rings. The number of imidazole rings is 1. The molecule has 2 heterocycles. The summed E-state index contributed by atoms with van der Waals surface area (Å²) in [6.07, 6.45) is 1.73. The van der Waals surface area contributed by atoms with Gasteiger partial charge >= 0.3 is 5.97 Å². The largest absolute Gasteiger partial charge is 0.478 e. The first kappa shape index (κ1) is 12.0. The number of aromatic nitrogens is 2. The van der Waals surface area contributed by atoms with E-state index in [9.17, 15) is 4.79 Å². The lowest BCUT2D eigenvalue weighted by molar-refractivity contribution is 0.0697. The van der Waals surface area contributed by atoms with Crippen molar-refractivity contribution in [3.05, 3.63) is 29.6 Å². The summed E-state index contributed by atoms with van der Waals surface area (Å²) in [4.78, 5) is 15.2. The number of rotatable bonds is 1. The third-order valence-corrected chi connectivity index (χ3v) is 2.88. The van der Waals surface area contributed by atoms with Crippen LogP contribution >= 0.6 is 12.6 Å². The van der Waals surface area contributed by atoms with Crippen molar-refractivity contribution in [1.82, 2.24) is 9.38 Å². The molecule has 2 rings (SSSR count). The van der Waals surface area contributed by atoms with Crippen molar-refractivity contribution in [3.8, 4) is 0 Å². The van der Waals surface area contributed by atoms with E-state index in [-0.39, 0.29) is 11.0 Å². The van der Waals surface area contributed by atoms with E-state index < -0.39 is 5.97 Å². The third-order valence-electron chi connectivity index (χ3n) is 2.57. The highest BCUT2D eigenvalue weighted by molar-refractivity contribution is 7.80. The molecule has 0 unspecified atom stereocenters. The summed E-state index contributed by atoms with van der Waals surface area (Å²) in [6.45, 7) is 6.21. The number of fused-ring (bicyclic) bond motifs is 1. The zero-order valence-electron chi connectivity index (χ0n) is 9.93. The molecular formula is C12H14N2O2S. The van der Waals surface area contributed by atoms with E-state index in [2.05, 4.69) is 38.4 Å². The number of nitrogens with zero attached hydrogens (tertiary/aromatic N) is 2. The van der Waals surface area contributed by atoms with Gasteiger partial charge in [0.2, 0.25) is 0 Å². The molecule has 90 valence electrons. The van der Waals surface area contributed by atoms with Crippen LogP contribution in [-0.4, -0.2) is 20.5 Å². The molecule has 0 atom stereocenters. The fourth-order valence-electron chi connectivity index (χ4n) is 1.86. The number of carboxylic acids is 1. The number of aromatic carboxylic acids is 1.